The van der Waals surface area contributed by atoms with Crippen LogP contribution in [-0.4, -0.2) is 46.2 Å². The molecule has 2 aromatic heterocycles. The Kier molecular flexibility index (Phi) is 6.04. The molecular weight excluding hydrogens is 430 g/mol. The van der Waals surface area contributed by atoms with E-state index < -0.39 is 17.7 Å². The zero-order valence-electron chi connectivity index (χ0n) is 17.7. The molecule has 1 fully saturated rings. The molecule has 1 aromatic carbocycles. The van der Waals surface area contributed by atoms with Crippen LogP contribution in [0, 0.1) is 5.92 Å². The maximum atomic E-state index is 13.2. The summed E-state index contributed by atoms with van der Waals surface area (Å²) in [6.07, 6.45) is 3.02. The van der Waals surface area contributed by atoms with Crippen molar-refractivity contribution in [2.24, 2.45) is 11.7 Å². The molecule has 1 aliphatic rings. The molecule has 0 radical (unpaired) electrons. The van der Waals surface area contributed by atoms with Crippen LogP contribution in [0.15, 0.2) is 36.0 Å². The lowest BCUT2D eigenvalue weighted by Gasteiger charge is -2.38. The number of hydrogen-bond donors (Lipinski definition) is 2. The van der Waals surface area contributed by atoms with Crippen molar-refractivity contribution >= 4 is 45.0 Å². The Labute approximate surface area is 188 Å². The minimum Gasteiger partial charge on any atom is -0.480 e. The molecule has 3 heterocycles. The highest BCUT2D eigenvalue weighted by atomic mass is 32.1. The van der Waals surface area contributed by atoms with Crippen LogP contribution in [-0.2, 0) is 9.59 Å². The lowest BCUT2D eigenvalue weighted by atomic mass is 9.89. The number of thiazole rings is 1. The highest BCUT2D eigenvalue weighted by Gasteiger charge is 2.34. The van der Waals surface area contributed by atoms with Crippen LogP contribution in [0.3, 0.4) is 0 Å². The van der Waals surface area contributed by atoms with Gasteiger partial charge in [0.1, 0.15) is 5.56 Å². The Morgan fingerprint density at radius 1 is 1.22 bits per heavy atom. The third-order valence-corrected chi connectivity index (χ3v) is 6.39. The summed E-state index contributed by atoms with van der Waals surface area (Å²) >= 11 is 1.56. The lowest BCUT2D eigenvalue weighted by molar-refractivity contribution is -0.146. The fourth-order valence-corrected chi connectivity index (χ4v) is 4.64. The fourth-order valence-electron chi connectivity index (χ4n) is 3.98. The van der Waals surface area contributed by atoms with E-state index in [1.807, 2.05) is 18.2 Å². The number of hydrogen-bond acceptors (Lipinski definition) is 7. The van der Waals surface area contributed by atoms with Crippen molar-refractivity contribution in [1.82, 2.24) is 14.9 Å². The molecule has 32 heavy (non-hydrogen) atoms. The number of carbonyl (C=O) groups excluding carboxylic acids is 3. The van der Waals surface area contributed by atoms with Crippen molar-refractivity contribution in [2.75, 3.05) is 19.0 Å². The lowest BCUT2D eigenvalue weighted by Crippen LogP contribution is -2.46. The number of carbonyl (C=O) groups is 3. The molecule has 3 aromatic rings. The Bertz CT molecular complexity index is 1190. The molecule has 4 rings (SSSR count). The number of methoxy groups -OCH3 is 1. The number of ether oxygens (including phenoxy) is 1. The van der Waals surface area contributed by atoms with Gasteiger partial charge in [-0.3, -0.25) is 14.4 Å². The molecule has 0 saturated carbocycles. The molecule has 1 aliphatic heterocycles. The van der Waals surface area contributed by atoms with Gasteiger partial charge in [-0.1, -0.05) is 13.0 Å². The first-order chi connectivity index (χ1) is 15.4. The van der Waals surface area contributed by atoms with E-state index in [9.17, 15) is 14.4 Å². The number of benzene rings is 1. The number of fused-ring (bicyclic) bond motifs is 1. The van der Waals surface area contributed by atoms with E-state index in [4.69, 9.17) is 10.5 Å². The van der Waals surface area contributed by atoms with E-state index >= 15 is 0 Å². The number of primary amides is 1. The number of anilines is 1. The summed E-state index contributed by atoms with van der Waals surface area (Å²) < 4.78 is 6.08. The van der Waals surface area contributed by atoms with Crippen LogP contribution in [0.2, 0.25) is 0 Å². The Morgan fingerprint density at radius 3 is 2.78 bits per heavy atom. The highest BCUT2D eigenvalue weighted by molar-refractivity contribution is 7.16. The summed E-state index contributed by atoms with van der Waals surface area (Å²) in [6, 6.07) is 7.09. The Morgan fingerprint density at radius 2 is 2.03 bits per heavy atom. The van der Waals surface area contributed by atoms with E-state index in [1.165, 1.54) is 19.4 Å². The molecule has 0 aliphatic carbocycles. The van der Waals surface area contributed by atoms with Crippen LogP contribution >= 0.6 is 11.3 Å². The zero-order chi connectivity index (χ0) is 22.8. The number of amides is 3. The predicted molar refractivity (Wildman–Crippen MR) is 120 cm³/mol. The van der Waals surface area contributed by atoms with Crippen molar-refractivity contribution in [3.63, 3.8) is 0 Å². The summed E-state index contributed by atoms with van der Waals surface area (Å²) in [6.45, 7) is 2.53. The van der Waals surface area contributed by atoms with E-state index in [0.29, 0.717) is 6.54 Å². The van der Waals surface area contributed by atoms with E-state index in [1.54, 1.807) is 21.7 Å². The number of rotatable bonds is 4. The Hall–Kier alpha value is -3.53. The molecule has 10 heteroatoms. The third kappa shape index (κ3) is 4.26. The molecule has 2 unspecified atom stereocenters. The second-order valence-corrected chi connectivity index (χ2v) is 8.72. The van der Waals surface area contributed by atoms with Crippen LogP contribution in [0.4, 0.5) is 5.69 Å². The topological polar surface area (TPSA) is 128 Å². The minimum atomic E-state index is -0.804. The van der Waals surface area contributed by atoms with Crippen molar-refractivity contribution in [3.05, 3.63) is 47.1 Å². The second kappa shape index (κ2) is 8.91. The van der Waals surface area contributed by atoms with Gasteiger partial charge in [0, 0.05) is 6.54 Å². The molecule has 0 bridgehead atoms. The highest BCUT2D eigenvalue weighted by Crippen LogP contribution is 2.35. The summed E-state index contributed by atoms with van der Waals surface area (Å²) in [5, 5.41) is 2.53. The van der Waals surface area contributed by atoms with Gasteiger partial charge < -0.3 is 20.7 Å². The van der Waals surface area contributed by atoms with Gasteiger partial charge in [0.2, 0.25) is 5.88 Å². The first-order valence-electron chi connectivity index (χ1n) is 10.2. The van der Waals surface area contributed by atoms with Gasteiger partial charge in [-0.05, 0) is 42.5 Å². The van der Waals surface area contributed by atoms with E-state index in [0.717, 1.165) is 28.6 Å². The molecule has 0 spiro atoms. The van der Waals surface area contributed by atoms with E-state index in [2.05, 4.69) is 22.2 Å². The van der Waals surface area contributed by atoms with Crippen LogP contribution in [0.25, 0.3) is 10.2 Å². The monoisotopic (exact) mass is 453 g/mol. The molecule has 166 valence electrons. The molecular formula is C22H23N5O4S. The van der Waals surface area contributed by atoms with Gasteiger partial charge in [0.25, 0.3) is 5.91 Å². The summed E-state index contributed by atoms with van der Waals surface area (Å²) in [4.78, 5) is 47.5. The number of nitrogens with zero attached hydrogens (tertiary/aromatic N) is 3. The van der Waals surface area contributed by atoms with Crippen LogP contribution in [0.5, 0.6) is 5.88 Å². The predicted octanol–water partition coefficient (Wildman–Crippen LogP) is 2.74. The van der Waals surface area contributed by atoms with Gasteiger partial charge in [0.15, 0.2) is 0 Å². The standard InChI is InChI=1S/C22H23N5O4S/c1-12-3-5-17(13-4-6-18-16(7-13)25-11-32-18)27(10-12)22(30)20(29)26-14-8-15(19(23)28)21(31-2)24-9-14/h4,6-9,11-12,17H,3,5,10H2,1-2H3,(H2,23,28)(H,26,29). The number of aromatic nitrogens is 2. The maximum Gasteiger partial charge on any atom is 0.313 e. The molecule has 9 nitrogen and oxygen atoms in total. The number of piperidine rings is 1. The van der Waals surface area contributed by atoms with Crippen molar-refractivity contribution in [1.29, 1.82) is 0 Å². The maximum absolute atomic E-state index is 13.2. The number of nitrogens with one attached hydrogen (secondary N) is 1. The fraction of sp³-hybridized carbons (Fsp3) is 0.318. The van der Waals surface area contributed by atoms with Crippen LogP contribution in [0.1, 0.15) is 41.7 Å². The Balaban J connectivity index is 1.57. The van der Waals surface area contributed by atoms with Gasteiger partial charge in [-0.25, -0.2) is 9.97 Å². The van der Waals surface area contributed by atoms with Gasteiger partial charge in [-0.15, -0.1) is 11.3 Å². The number of pyridine rings is 1. The van der Waals surface area contributed by atoms with Crippen molar-refractivity contribution in [2.45, 2.75) is 25.8 Å². The van der Waals surface area contributed by atoms with Gasteiger partial charge >= 0.3 is 11.8 Å². The SMILES string of the molecule is COc1ncc(NC(=O)C(=O)N2CC(C)CCC2c2ccc3scnc3c2)cc1C(N)=O. The molecule has 3 amide bonds. The van der Waals surface area contributed by atoms with E-state index in [-0.39, 0.29) is 29.1 Å². The van der Waals surface area contributed by atoms with Crippen molar-refractivity contribution < 1.29 is 19.1 Å². The quantitative estimate of drug-likeness (QED) is 0.585. The normalized spacial score (nSPS) is 18.4. The average Bonchev–Trinajstić information content (AvgIpc) is 3.26. The van der Waals surface area contributed by atoms with Crippen molar-refractivity contribution in [3.8, 4) is 5.88 Å². The van der Waals surface area contributed by atoms with Gasteiger partial charge in [0.05, 0.1) is 40.8 Å². The minimum absolute atomic E-state index is 0.0128. The average molecular weight is 454 g/mol. The summed E-state index contributed by atoms with van der Waals surface area (Å²) in [5.41, 5.74) is 9.17. The number of nitrogens with two attached hydrogens (primary N) is 1. The smallest absolute Gasteiger partial charge is 0.313 e. The largest absolute Gasteiger partial charge is 0.480 e. The molecule has 2 atom stereocenters. The molecule has 1 saturated heterocycles. The summed E-state index contributed by atoms with van der Waals surface area (Å²) in [5.74, 6) is -1.88. The van der Waals surface area contributed by atoms with Gasteiger partial charge in [-0.2, -0.15) is 0 Å². The first kappa shape index (κ1) is 21.7. The summed E-state index contributed by atoms with van der Waals surface area (Å²) in [7, 11) is 1.36. The van der Waals surface area contributed by atoms with Crippen LogP contribution < -0.4 is 15.8 Å². The zero-order valence-corrected chi connectivity index (χ0v) is 18.5. The second-order valence-electron chi connectivity index (χ2n) is 7.83. The third-order valence-electron chi connectivity index (χ3n) is 5.58. The first-order valence-corrected chi connectivity index (χ1v) is 11.0. The molecule has 3 N–H and O–H groups in total. The number of likely N-dealkylation sites (tertiary alicyclic amines) is 1.